The first-order valence-electron chi connectivity index (χ1n) is 15.8. The number of nitrogens with two attached hydrogens (primary N) is 1. The van der Waals surface area contributed by atoms with Crippen LogP contribution < -0.4 is 21.3 Å². The van der Waals surface area contributed by atoms with E-state index in [-0.39, 0.29) is 11.7 Å². The Labute approximate surface area is 261 Å². The summed E-state index contributed by atoms with van der Waals surface area (Å²) < 4.78 is 5.54. The van der Waals surface area contributed by atoms with Gasteiger partial charge in [0.15, 0.2) is 17.3 Å². The number of aliphatic imine (C=N–C) groups is 1. The predicted molar refractivity (Wildman–Crippen MR) is 179 cm³/mol. The van der Waals surface area contributed by atoms with Crippen molar-refractivity contribution in [3.8, 4) is 0 Å². The molecule has 11 nitrogen and oxygen atoms in total. The highest BCUT2D eigenvalue weighted by Crippen LogP contribution is 2.30. The summed E-state index contributed by atoms with van der Waals surface area (Å²) in [6.07, 6.45) is 7.87. The van der Waals surface area contributed by atoms with Crippen LogP contribution in [-0.2, 0) is 4.74 Å². The fourth-order valence-electron chi connectivity index (χ4n) is 6.07. The molecule has 2 aromatic rings. The third-order valence-electron chi connectivity index (χ3n) is 8.94. The molecule has 4 heterocycles. The van der Waals surface area contributed by atoms with Crippen LogP contribution in [0, 0.1) is 0 Å². The van der Waals surface area contributed by atoms with Gasteiger partial charge in [-0.2, -0.15) is 0 Å². The van der Waals surface area contributed by atoms with Crippen LogP contribution in [0.4, 0.5) is 23.0 Å². The number of primary amides is 1. The minimum atomic E-state index is -0.676. The average Bonchev–Trinajstić information content (AvgIpc) is 3.05. The number of carbonyl (C=O) groups is 1. The van der Waals surface area contributed by atoms with E-state index in [2.05, 4.69) is 56.2 Å². The van der Waals surface area contributed by atoms with E-state index < -0.39 is 5.91 Å². The lowest BCUT2D eigenvalue weighted by molar-refractivity contribution is 0.0904. The van der Waals surface area contributed by atoms with Gasteiger partial charge in [-0.15, -0.1) is 0 Å². The molecule has 3 aliphatic heterocycles. The second kappa shape index (κ2) is 14.8. The molecule has 1 aromatic heterocycles. The summed E-state index contributed by atoms with van der Waals surface area (Å²) in [5, 5.41) is 6.83. The van der Waals surface area contributed by atoms with Gasteiger partial charge >= 0.3 is 0 Å². The summed E-state index contributed by atoms with van der Waals surface area (Å²) >= 11 is 0. The smallest absolute Gasteiger partial charge is 0.271 e. The first kappa shape index (κ1) is 31.6. The summed E-state index contributed by atoms with van der Waals surface area (Å²) in [5.74, 6) is 0.138. The van der Waals surface area contributed by atoms with Gasteiger partial charge in [0, 0.05) is 75.9 Å². The second-order valence-electron chi connectivity index (χ2n) is 12.0. The highest BCUT2D eigenvalue weighted by molar-refractivity contribution is 5.97. The van der Waals surface area contributed by atoms with Crippen LogP contribution in [0.25, 0.3) is 5.70 Å². The normalized spacial score (nSPS) is 20.0. The lowest BCUT2D eigenvalue weighted by Gasteiger charge is -2.42. The number of piperazine rings is 1. The first-order chi connectivity index (χ1) is 21.3. The number of allylic oxidation sites excluding steroid dienone is 3. The molecule has 3 fully saturated rings. The number of nitrogens with zero attached hydrogens (tertiary/aromatic N) is 6. The van der Waals surface area contributed by atoms with Crippen LogP contribution in [-0.4, -0.2) is 104 Å². The summed E-state index contributed by atoms with van der Waals surface area (Å²) in [6, 6.07) is 9.09. The van der Waals surface area contributed by atoms with Crippen molar-refractivity contribution in [2.24, 2.45) is 10.7 Å². The molecule has 4 N–H and O–H groups in total. The lowest BCUT2D eigenvalue weighted by atomic mass is 10.0. The molecule has 0 saturated carbocycles. The number of hydrogen-bond donors (Lipinski definition) is 3. The zero-order valence-electron chi connectivity index (χ0n) is 26.4. The molecule has 3 saturated heterocycles. The van der Waals surface area contributed by atoms with Gasteiger partial charge in [-0.05, 0) is 83.6 Å². The Bertz CT molecular complexity index is 1350. The first-order valence-corrected chi connectivity index (χ1v) is 15.8. The largest absolute Gasteiger partial charge is 0.381 e. The number of hydrogen-bond acceptors (Lipinski definition) is 10. The summed E-state index contributed by atoms with van der Waals surface area (Å²) in [5.41, 5.74) is 9.78. The molecule has 1 aromatic carbocycles. The van der Waals surface area contributed by atoms with Gasteiger partial charge in [0.2, 0.25) is 0 Å². The predicted octanol–water partition coefficient (Wildman–Crippen LogP) is 4.13. The number of benzene rings is 1. The number of amides is 1. The molecule has 1 amide bonds. The number of piperidine rings is 1. The number of rotatable bonds is 10. The number of likely N-dealkylation sites (N-methyl/N-ethyl adjacent to an activating group) is 1. The van der Waals surface area contributed by atoms with Crippen LogP contribution in [0.15, 0.2) is 47.0 Å². The third-order valence-corrected chi connectivity index (χ3v) is 8.94. The van der Waals surface area contributed by atoms with E-state index in [0.29, 0.717) is 42.3 Å². The highest BCUT2D eigenvalue weighted by Gasteiger charge is 2.27. The SMILES string of the molecule is C=N/C(=C\C(C)=C/C)c1nc(C(N)=O)c(Nc2ccc(N3CCC(N4CCN(C)CC4)CC3)cc2)nc1NC1CCOCC1. The van der Waals surface area contributed by atoms with E-state index in [4.69, 9.17) is 20.4 Å². The second-order valence-corrected chi connectivity index (χ2v) is 12.0. The minimum absolute atomic E-state index is 0.0419. The quantitative estimate of drug-likeness (QED) is 0.272. The number of ether oxygens (including phenoxy) is 1. The van der Waals surface area contributed by atoms with Crippen LogP contribution in [0.3, 0.4) is 0 Å². The van der Waals surface area contributed by atoms with Crippen molar-refractivity contribution in [3.05, 3.63) is 53.4 Å². The van der Waals surface area contributed by atoms with Crippen molar-refractivity contribution in [1.82, 2.24) is 19.8 Å². The molecule has 0 atom stereocenters. The number of carbonyl (C=O) groups excluding carboxylic acids is 1. The minimum Gasteiger partial charge on any atom is -0.381 e. The Balaban J connectivity index is 1.34. The van der Waals surface area contributed by atoms with Crippen LogP contribution in [0.1, 0.15) is 55.7 Å². The Morgan fingerprint density at radius 2 is 1.68 bits per heavy atom. The Morgan fingerprint density at radius 1 is 1.00 bits per heavy atom. The lowest BCUT2D eigenvalue weighted by Crippen LogP contribution is -2.52. The Kier molecular flexibility index (Phi) is 10.6. The topological polar surface area (TPSA) is 124 Å². The molecular formula is C33H47N9O2. The monoisotopic (exact) mass is 601 g/mol. The molecule has 0 spiro atoms. The molecule has 0 bridgehead atoms. The van der Waals surface area contributed by atoms with Gasteiger partial charge in [0.1, 0.15) is 5.69 Å². The molecule has 0 unspecified atom stereocenters. The molecule has 5 rings (SSSR count). The van der Waals surface area contributed by atoms with Gasteiger partial charge in [-0.25, -0.2) is 9.97 Å². The maximum absolute atomic E-state index is 12.6. The summed E-state index contributed by atoms with van der Waals surface area (Å²) in [6.45, 7) is 15.8. The molecule has 0 aliphatic carbocycles. The van der Waals surface area contributed by atoms with Crippen molar-refractivity contribution < 1.29 is 9.53 Å². The maximum Gasteiger partial charge on any atom is 0.271 e. The number of anilines is 4. The van der Waals surface area contributed by atoms with Gasteiger partial charge in [0.05, 0.1) is 5.70 Å². The van der Waals surface area contributed by atoms with E-state index >= 15 is 0 Å². The highest BCUT2D eigenvalue weighted by atomic mass is 16.5. The van der Waals surface area contributed by atoms with Crippen LogP contribution >= 0.6 is 0 Å². The molecule has 11 heteroatoms. The van der Waals surface area contributed by atoms with Crippen molar-refractivity contribution in [1.29, 1.82) is 0 Å². The van der Waals surface area contributed by atoms with Crippen LogP contribution in [0.5, 0.6) is 0 Å². The zero-order valence-corrected chi connectivity index (χ0v) is 26.4. The van der Waals surface area contributed by atoms with Gasteiger partial charge in [0.25, 0.3) is 5.91 Å². The van der Waals surface area contributed by atoms with Gasteiger partial charge in [-0.3, -0.25) is 14.7 Å². The number of nitrogens with one attached hydrogen (secondary N) is 2. The van der Waals surface area contributed by atoms with Crippen molar-refractivity contribution in [2.75, 3.05) is 75.1 Å². The van der Waals surface area contributed by atoms with Gasteiger partial charge < -0.3 is 30.9 Å². The molecule has 3 aliphatic rings. The third kappa shape index (κ3) is 7.82. The van der Waals surface area contributed by atoms with Crippen molar-refractivity contribution in [2.45, 2.75) is 51.6 Å². The molecular weight excluding hydrogens is 554 g/mol. The van der Waals surface area contributed by atoms with E-state index in [1.807, 2.05) is 38.1 Å². The Hall–Kier alpha value is -3.80. The Morgan fingerprint density at radius 3 is 2.30 bits per heavy atom. The fraction of sp³-hybridized carbons (Fsp3) is 0.515. The van der Waals surface area contributed by atoms with Crippen molar-refractivity contribution >= 4 is 41.3 Å². The van der Waals surface area contributed by atoms with Gasteiger partial charge in [-0.1, -0.05) is 11.6 Å². The fourth-order valence-corrected chi connectivity index (χ4v) is 6.07. The van der Waals surface area contributed by atoms with E-state index in [0.717, 1.165) is 50.3 Å². The average molecular weight is 602 g/mol. The zero-order chi connectivity index (χ0) is 31.1. The maximum atomic E-state index is 12.6. The van der Waals surface area contributed by atoms with E-state index in [1.54, 1.807) is 0 Å². The molecule has 44 heavy (non-hydrogen) atoms. The molecule has 236 valence electrons. The summed E-state index contributed by atoms with van der Waals surface area (Å²) in [7, 11) is 2.21. The van der Waals surface area contributed by atoms with E-state index in [9.17, 15) is 4.79 Å². The van der Waals surface area contributed by atoms with Crippen LogP contribution in [0.2, 0.25) is 0 Å². The number of aromatic nitrogens is 2. The summed E-state index contributed by atoms with van der Waals surface area (Å²) in [4.78, 5) is 33.9. The molecule has 0 radical (unpaired) electrons. The van der Waals surface area contributed by atoms with E-state index in [1.165, 1.54) is 31.6 Å². The standard InChI is InChI=1S/C33H47N9O2/c1-5-23(2)22-28(35-3)29-32(37-25-12-20-44-21-13-25)39-33(30(38-29)31(34)43)36-24-6-8-26(9-7-24)41-14-10-27(11-15-41)42-18-16-40(4)17-19-42/h5-9,22,25,27H,3,10-21H2,1-2,4H3,(H2,34,43)(H2,36,37,39)/b23-5-,28-22-. The van der Waals surface area contributed by atoms with Crippen molar-refractivity contribution in [3.63, 3.8) is 0 Å².